The molecule has 1 aromatic rings. The number of likely N-dealkylation sites (tertiary alicyclic amines) is 1. The van der Waals surface area contributed by atoms with E-state index in [0.717, 1.165) is 44.5 Å². The molecule has 1 spiro atoms. The molecule has 0 bridgehead atoms. The molecule has 0 unspecified atom stereocenters. The Labute approximate surface area is 115 Å². The number of Topliss-reactive ketones (excluding diaryl/α,β-unsaturated/α-hetero) is 1. The molecule has 19 heavy (non-hydrogen) atoms. The second-order valence-corrected chi connectivity index (χ2v) is 6.43. The van der Waals surface area contributed by atoms with Crippen LogP contribution in [0.3, 0.4) is 0 Å². The predicted octanol–water partition coefficient (Wildman–Crippen LogP) is 3.12. The number of fused-ring (bicyclic) bond motifs is 1. The molecule has 1 aromatic carbocycles. The summed E-state index contributed by atoms with van der Waals surface area (Å²) in [6, 6.07) is 8.16. The van der Waals surface area contributed by atoms with Crippen LogP contribution >= 0.6 is 0 Å². The van der Waals surface area contributed by atoms with Crippen LogP contribution in [0.15, 0.2) is 24.3 Å². The molecule has 1 aliphatic carbocycles. The summed E-state index contributed by atoms with van der Waals surface area (Å²) < 4.78 is 0. The molecular weight excluding hydrogens is 234 g/mol. The highest BCUT2D eigenvalue weighted by atomic mass is 16.1. The zero-order valence-corrected chi connectivity index (χ0v) is 11.9. The summed E-state index contributed by atoms with van der Waals surface area (Å²) >= 11 is 0. The molecule has 0 N–H and O–H groups in total. The maximum Gasteiger partial charge on any atom is 0.169 e. The van der Waals surface area contributed by atoms with Gasteiger partial charge in [-0.25, -0.2) is 0 Å². The maximum atomic E-state index is 12.7. The van der Waals surface area contributed by atoms with Crippen molar-refractivity contribution in [1.29, 1.82) is 0 Å². The second-order valence-electron chi connectivity index (χ2n) is 6.43. The van der Waals surface area contributed by atoms with Gasteiger partial charge in [-0.3, -0.25) is 4.79 Å². The van der Waals surface area contributed by atoms with E-state index in [4.69, 9.17) is 0 Å². The number of rotatable bonds is 2. The monoisotopic (exact) mass is 256 g/mol. The number of piperidine rings is 1. The number of benzene rings is 1. The largest absolute Gasteiger partial charge is 0.303 e. The van der Waals surface area contributed by atoms with Gasteiger partial charge in [0.25, 0.3) is 0 Å². The number of nitrogens with zero attached hydrogens (tertiary/aromatic N) is 1. The van der Waals surface area contributed by atoms with Crippen LogP contribution in [0.4, 0.5) is 0 Å². The number of hydrogen-bond donors (Lipinski definition) is 0. The third kappa shape index (κ3) is 2.23. The lowest BCUT2D eigenvalue weighted by Crippen LogP contribution is -2.44. The Morgan fingerprint density at radius 3 is 2.53 bits per heavy atom. The van der Waals surface area contributed by atoms with Gasteiger partial charge in [-0.2, -0.15) is 0 Å². The minimum Gasteiger partial charge on any atom is -0.303 e. The first-order valence-corrected chi connectivity index (χ1v) is 7.25. The van der Waals surface area contributed by atoms with Crippen LogP contribution < -0.4 is 0 Å². The molecule has 101 valence electrons. The number of ketones is 1. The summed E-state index contributed by atoms with van der Waals surface area (Å²) in [6.07, 6.45) is 3.01. The Kier molecular flexibility index (Phi) is 3.22. The first kappa shape index (κ1) is 12.9. The van der Waals surface area contributed by atoms with Crippen molar-refractivity contribution in [3.63, 3.8) is 0 Å². The van der Waals surface area contributed by atoms with E-state index in [1.807, 2.05) is 12.1 Å². The summed E-state index contributed by atoms with van der Waals surface area (Å²) in [5.74, 6) is 1.86. The molecule has 1 aliphatic heterocycles. The van der Waals surface area contributed by atoms with Gasteiger partial charge < -0.3 is 4.90 Å². The molecule has 2 aliphatic rings. The smallest absolute Gasteiger partial charge is 0.169 e. The molecule has 0 amide bonds. The van der Waals surface area contributed by atoms with Crippen LogP contribution in [0, 0.1) is 11.3 Å². The minimum absolute atomic E-state index is 0.0815. The number of hydrogen-bond acceptors (Lipinski definition) is 2. The molecule has 1 saturated heterocycles. The first-order valence-electron chi connectivity index (χ1n) is 7.25. The van der Waals surface area contributed by atoms with E-state index in [2.05, 4.69) is 30.9 Å². The van der Waals surface area contributed by atoms with Gasteiger partial charge in [0.1, 0.15) is 0 Å². The zero-order valence-electron chi connectivity index (χ0n) is 11.9. The Hall–Kier alpha value is -1.15. The lowest BCUT2D eigenvalue weighted by atomic mass is 9.75. The van der Waals surface area contributed by atoms with Crippen LogP contribution in [0.25, 0.3) is 0 Å². The van der Waals surface area contributed by atoms with Crippen molar-refractivity contribution >= 4 is 5.78 Å². The second kappa shape index (κ2) is 4.75. The van der Waals surface area contributed by atoms with Crippen LogP contribution in [-0.4, -0.2) is 30.3 Å². The highest BCUT2D eigenvalue weighted by Gasteiger charge is 2.46. The number of carbonyl (C=O) groups excluding carboxylic acids is 1. The zero-order chi connectivity index (χ0) is 13.5. The van der Waals surface area contributed by atoms with E-state index >= 15 is 0 Å². The fourth-order valence-corrected chi connectivity index (χ4v) is 3.62. The van der Waals surface area contributed by atoms with E-state index < -0.39 is 0 Å². The average Bonchev–Trinajstić information content (AvgIpc) is 2.66. The molecule has 0 aromatic heterocycles. The predicted molar refractivity (Wildman–Crippen MR) is 77.2 cm³/mol. The van der Waals surface area contributed by atoms with E-state index in [9.17, 15) is 4.79 Å². The van der Waals surface area contributed by atoms with Crippen molar-refractivity contribution < 1.29 is 4.79 Å². The summed E-state index contributed by atoms with van der Waals surface area (Å²) in [4.78, 5) is 15.2. The van der Waals surface area contributed by atoms with Gasteiger partial charge in [-0.1, -0.05) is 38.1 Å². The van der Waals surface area contributed by atoms with E-state index in [-0.39, 0.29) is 5.41 Å². The highest BCUT2D eigenvalue weighted by molar-refractivity contribution is 6.05. The summed E-state index contributed by atoms with van der Waals surface area (Å²) in [5.41, 5.74) is 2.16. The average molecular weight is 256 g/mol. The SMILES string of the molecule is C[C](C)CN1CCC2(CC1)Cc1ccccc1C2=O. The molecule has 0 saturated carbocycles. The van der Waals surface area contributed by atoms with Crippen LogP contribution in [-0.2, 0) is 6.42 Å². The minimum atomic E-state index is -0.0815. The fourth-order valence-electron chi connectivity index (χ4n) is 3.62. The Balaban J connectivity index is 1.74. The molecule has 3 rings (SSSR count). The summed E-state index contributed by atoms with van der Waals surface area (Å²) in [6.45, 7) is 7.56. The van der Waals surface area contributed by atoms with Crippen LogP contribution in [0.1, 0.15) is 42.6 Å². The van der Waals surface area contributed by atoms with Crippen molar-refractivity contribution in [2.75, 3.05) is 19.6 Å². The standard InChI is InChI=1S/C17H22NO/c1-13(2)12-18-9-7-17(8-10-18)11-14-5-3-4-6-15(14)16(17)19/h3-6H,7-12H2,1-2H3. The lowest BCUT2D eigenvalue weighted by molar-refractivity contribution is 0.0642. The maximum absolute atomic E-state index is 12.7. The molecule has 2 nitrogen and oxygen atoms in total. The summed E-state index contributed by atoms with van der Waals surface area (Å²) in [7, 11) is 0. The molecular formula is C17H22NO. The molecule has 1 heterocycles. The summed E-state index contributed by atoms with van der Waals surface area (Å²) in [5, 5.41) is 0. The van der Waals surface area contributed by atoms with E-state index in [1.54, 1.807) is 0 Å². The van der Waals surface area contributed by atoms with Gasteiger partial charge >= 0.3 is 0 Å². The highest BCUT2D eigenvalue weighted by Crippen LogP contribution is 2.44. The van der Waals surface area contributed by atoms with Crippen molar-refractivity contribution in [3.8, 4) is 0 Å². The van der Waals surface area contributed by atoms with E-state index in [0.29, 0.717) is 5.78 Å². The Morgan fingerprint density at radius 2 is 1.89 bits per heavy atom. The van der Waals surface area contributed by atoms with Gasteiger partial charge in [0.15, 0.2) is 5.78 Å². The third-order valence-electron chi connectivity index (χ3n) is 4.63. The number of carbonyl (C=O) groups is 1. The van der Waals surface area contributed by atoms with Crippen molar-refractivity contribution in [2.24, 2.45) is 5.41 Å². The normalized spacial score (nSPS) is 22.2. The Bertz CT molecular complexity index is 484. The van der Waals surface area contributed by atoms with Crippen molar-refractivity contribution in [3.05, 3.63) is 41.3 Å². The Morgan fingerprint density at radius 1 is 1.21 bits per heavy atom. The van der Waals surface area contributed by atoms with Gasteiger partial charge in [0, 0.05) is 17.5 Å². The first-order chi connectivity index (χ1) is 9.11. The van der Waals surface area contributed by atoms with E-state index in [1.165, 1.54) is 11.5 Å². The fraction of sp³-hybridized carbons (Fsp3) is 0.529. The molecule has 2 heteroatoms. The van der Waals surface area contributed by atoms with Gasteiger partial charge in [0.2, 0.25) is 0 Å². The van der Waals surface area contributed by atoms with Gasteiger partial charge in [-0.05, 0) is 43.8 Å². The molecule has 0 atom stereocenters. The topological polar surface area (TPSA) is 20.3 Å². The van der Waals surface area contributed by atoms with Crippen molar-refractivity contribution in [1.82, 2.24) is 4.90 Å². The van der Waals surface area contributed by atoms with Gasteiger partial charge in [-0.15, -0.1) is 0 Å². The lowest BCUT2D eigenvalue weighted by Gasteiger charge is -2.38. The van der Waals surface area contributed by atoms with Gasteiger partial charge in [0.05, 0.1) is 0 Å². The molecule has 1 fully saturated rings. The molecule has 1 radical (unpaired) electrons. The quantitative estimate of drug-likeness (QED) is 0.810. The van der Waals surface area contributed by atoms with Crippen LogP contribution in [0.2, 0.25) is 0 Å². The third-order valence-corrected chi connectivity index (χ3v) is 4.63. The van der Waals surface area contributed by atoms with Crippen LogP contribution in [0.5, 0.6) is 0 Å². The van der Waals surface area contributed by atoms with Crippen molar-refractivity contribution in [2.45, 2.75) is 33.1 Å².